The minimum Gasteiger partial charge on any atom is -0.366 e. The van der Waals surface area contributed by atoms with Gasteiger partial charge in [0.2, 0.25) is 11.8 Å². The van der Waals surface area contributed by atoms with E-state index in [1.807, 2.05) is 20.8 Å². The first-order chi connectivity index (χ1) is 14.0. The van der Waals surface area contributed by atoms with Crippen LogP contribution in [0.3, 0.4) is 0 Å². The highest BCUT2D eigenvalue weighted by atomic mass is 32.2. The predicted molar refractivity (Wildman–Crippen MR) is 114 cm³/mol. The van der Waals surface area contributed by atoms with Crippen molar-refractivity contribution in [2.75, 3.05) is 36.8 Å². The maximum Gasteiger partial charge on any atom is 0.246 e. The number of anilines is 1. The molecule has 5 nitrogen and oxygen atoms in total. The molecule has 4 rings (SSSR count). The van der Waals surface area contributed by atoms with Gasteiger partial charge < -0.3 is 14.7 Å². The Hall–Kier alpha value is -1.76. The van der Waals surface area contributed by atoms with E-state index in [0.717, 1.165) is 19.3 Å². The lowest BCUT2D eigenvalue weighted by atomic mass is 10.1. The molecule has 1 aromatic carbocycles. The zero-order valence-electron chi connectivity index (χ0n) is 17.2. The van der Waals surface area contributed by atoms with Crippen LogP contribution in [0.1, 0.15) is 33.1 Å². The van der Waals surface area contributed by atoms with Crippen LogP contribution in [0.25, 0.3) is 0 Å². The first-order valence-electron chi connectivity index (χ1n) is 10.7. The van der Waals surface area contributed by atoms with Crippen LogP contribution in [-0.4, -0.2) is 65.0 Å². The fourth-order valence-corrected chi connectivity index (χ4v) is 5.90. The Morgan fingerprint density at radius 3 is 2.41 bits per heavy atom. The Bertz CT molecular complexity index is 762. The molecule has 0 bridgehead atoms. The van der Waals surface area contributed by atoms with Gasteiger partial charge in [-0.1, -0.05) is 26.0 Å². The van der Waals surface area contributed by atoms with Gasteiger partial charge in [-0.25, -0.2) is 4.39 Å². The van der Waals surface area contributed by atoms with Crippen LogP contribution in [0.4, 0.5) is 10.1 Å². The molecule has 2 saturated heterocycles. The molecule has 3 fully saturated rings. The maximum absolute atomic E-state index is 14.1. The van der Waals surface area contributed by atoms with Gasteiger partial charge in [0, 0.05) is 37.8 Å². The van der Waals surface area contributed by atoms with Crippen LogP contribution >= 0.6 is 11.8 Å². The number of para-hydroxylation sites is 1. The van der Waals surface area contributed by atoms with E-state index in [4.69, 9.17) is 0 Å². The highest BCUT2D eigenvalue weighted by Gasteiger charge is 2.47. The number of nitrogens with zero attached hydrogens (tertiary/aromatic N) is 3. The van der Waals surface area contributed by atoms with Gasteiger partial charge in [-0.2, -0.15) is 0 Å². The van der Waals surface area contributed by atoms with E-state index in [-0.39, 0.29) is 35.0 Å². The van der Waals surface area contributed by atoms with Crippen LogP contribution < -0.4 is 4.90 Å². The lowest BCUT2D eigenvalue weighted by molar-refractivity contribution is -0.146. The number of amides is 2. The van der Waals surface area contributed by atoms with E-state index in [0.29, 0.717) is 43.5 Å². The summed E-state index contributed by atoms with van der Waals surface area (Å²) in [6.07, 6.45) is 2.83. The van der Waals surface area contributed by atoms with Crippen LogP contribution in [-0.2, 0) is 9.59 Å². The normalized spacial score (nSPS) is 25.0. The monoisotopic (exact) mass is 419 g/mol. The third kappa shape index (κ3) is 4.39. The first kappa shape index (κ1) is 20.5. The van der Waals surface area contributed by atoms with Crippen LogP contribution in [0.2, 0.25) is 0 Å². The summed E-state index contributed by atoms with van der Waals surface area (Å²) in [6, 6.07) is 6.43. The molecule has 158 valence electrons. The second-order valence-electron chi connectivity index (χ2n) is 8.72. The lowest BCUT2D eigenvalue weighted by Gasteiger charge is -2.39. The second kappa shape index (κ2) is 8.54. The van der Waals surface area contributed by atoms with E-state index >= 15 is 0 Å². The average Bonchev–Trinajstić information content (AvgIpc) is 3.48. The number of carbonyl (C=O) groups is 2. The molecule has 1 saturated carbocycles. The largest absolute Gasteiger partial charge is 0.366 e. The number of halogens is 1. The SMILES string of the molecule is CC(C)CC1SCC(C(=O)N2CCN(c3ccccc3F)CC2)N1C(=O)C1CC1. The van der Waals surface area contributed by atoms with Gasteiger partial charge in [0.05, 0.1) is 11.1 Å². The standard InChI is InChI=1S/C22H30FN3O2S/c1-15(2)13-20-26(21(27)16-7-8-16)19(14-29-20)22(28)25-11-9-24(10-12-25)18-6-4-3-5-17(18)23/h3-6,15-16,19-20H,7-14H2,1-2H3. The van der Waals surface area contributed by atoms with Gasteiger partial charge in [0.25, 0.3) is 0 Å². The van der Waals surface area contributed by atoms with Gasteiger partial charge in [0.1, 0.15) is 11.9 Å². The number of hydrogen-bond donors (Lipinski definition) is 0. The maximum atomic E-state index is 14.1. The zero-order valence-corrected chi connectivity index (χ0v) is 18.0. The van der Waals surface area contributed by atoms with Gasteiger partial charge in [0.15, 0.2) is 0 Å². The van der Waals surface area contributed by atoms with E-state index < -0.39 is 0 Å². The van der Waals surface area contributed by atoms with Crippen molar-refractivity contribution in [2.24, 2.45) is 11.8 Å². The molecule has 0 aromatic heterocycles. The average molecular weight is 420 g/mol. The van der Waals surface area contributed by atoms with Crippen molar-refractivity contribution in [3.05, 3.63) is 30.1 Å². The Kier molecular flexibility index (Phi) is 6.04. The summed E-state index contributed by atoms with van der Waals surface area (Å²) < 4.78 is 14.1. The fourth-order valence-electron chi connectivity index (χ4n) is 4.26. The van der Waals surface area contributed by atoms with Crippen molar-refractivity contribution < 1.29 is 14.0 Å². The number of benzene rings is 1. The second-order valence-corrected chi connectivity index (χ2v) is 9.93. The summed E-state index contributed by atoms with van der Waals surface area (Å²) in [5.41, 5.74) is 0.596. The molecular weight excluding hydrogens is 389 g/mol. The van der Waals surface area contributed by atoms with Crippen LogP contribution in [0.15, 0.2) is 24.3 Å². The van der Waals surface area contributed by atoms with Gasteiger partial charge in [-0.05, 0) is 37.3 Å². The molecule has 1 aromatic rings. The Balaban J connectivity index is 1.42. The smallest absolute Gasteiger partial charge is 0.246 e. The van der Waals surface area contributed by atoms with Crippen molar-refractivity contribution in [2.45, 2.75) is 44.5 Å². The molecule has 0 spiro atoms. The van der Waals surface area contributed by atoms with Gasteiger partial charge in [-0.15, -0.1) is 11.8 Å². The topological polar surface area (TPSA) is 43.9 Å². The molecule has 0 N–H and O–H groups in total. The number of piperazine rings is 1. The summed E-state index contributed by atoms with van der Waals surface area (Å²) in [5, 5.41) is 0.108. The number of carbonyl (C=O) groups excluding carboxylic acids is 2. The minimum absolute atomic E-state index is 0.0611. The molecule has 2 amide bonds. The Labute approximate surface area is 176 Å². The summed E-state index contributed by atoms with van der Waals surface area (Å²) in [6.45, 7) is 6.68. The Morgan fingerprint density at radius 1 is 1.10 bits per heavy atom. The highest BCUT2D eigenvalue weighted by molar-refractivity contribution is 8.00. The van der Waals surface area contributed by atoms with Crippen molar-refractivity contribution in [3.8, 4) is 0 Å². The predicted octanol–water partition coefficient (Wildman–Crippen LogP) is 3.20. The van der Waals surface area contributed by atoms with E-state index in [2.05, 4.69) is 13.8 Å². The molecule has 2 heterocycles. The summed E-state index contributed by atoms with van der Waals surface area (Å²) in [5.74, 6) is 1.30. The van der Waals surface area contributed by atoms with E-state index in [1.165, 1.54) is 6.07 Å². The van der Waals surface area contributed by atoms with E-state index in [9.17, 15) is 14.0 Å². The number of hydrogen-bond acceptors (Lipinski definition) is 4. The molecule has 7 heteroatoms. The number of thioether (sulfide) groups is 1. The van der Waals surface area contributed by atoms with Crippen LogP contribution in [0, 0.1) is 17.7 Å². The van der Waals surface area contributed by atoms with Crippen molar-refractivity contribution in [1.82, 2.24) is 9.80 Å². The molecule has 1 aliphatic carbocycles. The van der Waals surface area contributed by atoms with Gasteiger partial charge >= 0.3 is 0 Å². The molecule has 3 aliphatic rings. The zero-order chi connectivity index (χ0) is 20.5. The third-order valence-electron chi connectivity index (χ3n) is 6.02. The van der Waals surface area contributed by atoms with Crippen molar-refractivity contribution in [1.29, 1.82) is 0 Å². The molecule has 29 heavy (non-hydrogen) atoms. The van der Waals surface area contributed by atoms with Crippen molar-refractivity contribution in [3.63, 3.8) is 0 Å². The fraction of sp³-hybridized carbons (Fsp3) is 0.636. The first-order valence-corrected chi connectivity index (χ1v) is 11.7. The quantitative estimate of drug-likeness (QED) is 0.735. The third-order valence-corrected chi connectivity index (χ3v) is 7.33. The minimum atomic E-state index is -0.350. The van der Waals surface area contributed by atoms with Crippen molar-refractivity contribution >= 4 is 29.3 Å². The summed E-state index contributed by atoms with van der Waals surface area (Å²) in [4.78, 5) is 32.1. The Morgan fingerprint density at radius 2 is 1.79 bits per heavy atom. The molecule has 0 radical (unpaired) electrons. The highest BCUT2D eigenvalue weighted by Crippen LogP contribution is 2.40. The molecule has 2 unspecified atom stereocenters. The summed E-state index contributed by atoms with van der Waals surface area (Å²) >= 11 is 1.75. The van der Waals surface area contributed by atoms with Gasteiger partial charge in [-0.3, -0.25) is 9.59 Å². The molecule has 2 aliphatic heterocycles. The summed E-state index contributed by atoms with van der Waals surface area (Å²) in [7, 11) is 0. The molecule has 2 atom stereocenters. The molecular formula is C22H30FN3O2S. The van der Waals surface area contributed by atoms with Crippen LogP contribution in [0.5, 0.6) is 0 Å². The number of rotatable bonds is 5. The van der Waals surface area contributed by atoms with E-state index in [1.54, 1.807) is 23.9 Å². The lowest BCUT2D eigenvalue weighted by Crippen LogP contribution is -2.56.